The molecule has 2 nitrogen and oxygen atoms in total. The van der Waals surface area contributed by atoms with Crippen molar-refractivity contribution < 1.29 is 3.07 Å². The Hall–Kier alpha value is -0.0613. The van der Waals surface area contributed by atoms with E-state index in [0.717, 1.165) is 0 Å². The van der Waals surface area contributed by atoms with Crippen LogP contribution in [0, 0.1) is 0 Å². The molecule has 0 saturated heterocycles. The fraction of sp³-hybridized carbons (Fsp3) is 0.455. The van der Waals surface area contributed by atoms with Crippen molar-refractivity contribution in [3.05, 3.63) is 29.8 Å². The molecule has 0 amide bonds. The van der Waals surface area contributed by atoms with Crippen LogP contribution in [0.1, 0.15) is 25.5 Å². The van der Waals surface area contributed by atoms with E-state index in [1.54, 1.807) is 0 Å². The zero-order valence-electron chi connectivity index (χ0n) is 9.08. The topological polar surface area (TPSA) is 35.2 Å². The third kappa shape index (κ3) is 2.71. The molecule has 1 unspecified atom stereocenters. The van der Waals surface area contributed by atoms with E-state index in [4.69, 9.17) is 8.81 Å². The van der Waals surface area contributed by atoms with Gasteiger partial charge >= 0.3 is 93.8 Å². The number of nitrogens with two attached hydrogens (primary N) is 1. The van der Waals surface area contributed by atoms with Crippen molar-refractivity contribution in [2.45, 2.75) is 24.3 Å². The zero-order valence-corrected chi connectivity index (χ0v) is 11.9. The van der Waals surface area contributed by atoms with Gasteiger partial charge in [0.15, 0.2) is 0 Å². The molecule has 1 rings (SSSR count). The summed E-state index contributed by atoms with van der Waals surface area (Å²) < 4.78 is 8.20. The molecule has 0 fully saturated rings. The maximum absolute atomic E-state index is 5.94. The second-order valence-corrected chi connectivity index (χ2v) is 10.5. The molecule has 3 heteroatoms. The summed E-state index contributed by atoms with van der Waals surface area (Å²) in [6, 6.07) is 8.55. The Bertz CT molecular complexity index is 284. The molecule has 0 saturated carbocycles. The molecule has 14 heavy (non-hydrogen) atoms. The van der Waals surface area contributed by atoms with Gasteiger partial charge in [-0.05, 0) is 0 Å². The van der Waals surface area contributed by atoms with E-state index >= 15 is 0 Å². The quantitative estimate of drug-likeness (QED) is 0.857. The number of hydrogen-bond acceptors (Lipinski definition) is 2. The van der Waals surface area contributed by atoms with Gasteiger partial charge in [0, 0.05) is 0 Å². The fourth-order valence-corrected chi connectivity index (χ4v) is 6.74. The minimum atomic E-state index is -1.80. The summed E-state index contributed by atoms with van der Waals surface area (Å²) in [6.45, 7) is 4.24. The fourth-order valence-electron chi connectivity index (χ4n) is 1.59. The molecule has 77 valence electrons. The van der Waals surface area contributed by atoms with Gasteiger partial charge in [-0.3, -0.25) is 0 Å². The summed E-state index contributed by atoms with van der Waals surface area (Å²) in [5, 5.41) is 0. The normalized spacial score (nSPS) is 13.2. The Kier molecular flexibility index (Phi) is 4.92. The molecule has 0 aliphatic rings. The number of hydrogen-bond donors (Lipinski definition) is 1. The molecule has 1 radical (unpaired) electrons. The minimum absolute atomic E-state index is 0.114. The SMILES string of the molecule is C[CH2][Sn]([O]C)[c]1ccccc1C(C)N. The molecule has 0 aliphatic heterocycles. The summed E-state index contributed by atoms with van der Waals surface area (Å²) in [7, 11) is 1.83. The molecular weight excluding hydrogens is 281 g/mol. The van der Waals surface area contributed by atoms with Crippen molar-refractivity contribution in [3.63, 3.8) is 0 Å². The summed E-state index contributed by atoms with van der Waals surface area (Å²) >= 11 is -1.80. The monoisotopic (exact) mass is 300 g/mol. The summed E-state index contributed by atoms with van der Waals surface area (Å²) in [5.41, 5.74) is 7.21. The van der Waals surface area contributed by atoms with Crippen molar-refractivity contribution in [1.29, 1.82) is 0 Å². The average Bonchev–Trinajstić information content (AvgIpc) is 2.20. The van der Waals surface area contributed by atoms with E-state index in [1.807, 2.05) is 20.1 Å². The molecule has 2 N–H and O–H groups in total. The van der Waals surface area contributed by atoms with Gasteiger partial charge in [0.2, 0.25) is 0 Å². The molecule has 1 aromatic rings. The van der Waals surface area contributed by atoms with Gasteiger partial charge in [0.1, 0.15) is 0 Å². The van der Waals surface area contributed by atoms with Gasteiger partial charge in [0.05, 0.1) is 0 Å². The van der Waals surface area contributed by atoms with E-state index < -0.39 is 20.2 Å². The van der Waals surface area contributed by atoms with Gasteiger partial charge in [-0.15, -0.1) is 0 Å². The molecule has 0 aliphatic carbocycles. The second-order valence-electron chi connectivity index (χ2n) is 3.36. The number of rotatable bonds is 4. The Morgan fingerprint density at radius 1 is 1.43 bits per heavy atom. The molecule has 1 aromatic carbocycles. The third-order valence-corrected chi connectivity index (χ3v) is 8.57. The predicted molar refractivity (Wildman–Crippen MR) is 61.9 cm³/mol. The van der Waals surface area contributed by atoms with Crippen LogP contribution in [0.2, 0.25) is 4.44 Å². The van der Waals surface area contributed by atoms with Crippen LogP contribution in [0.4, 0.5) is 0 Å². The van der Waals surface area contributed by atoms with Crippen molar-refractivity contribution in [2.24, 2.45) is 5.73 Å². The van der Waals surface area contributed by atoms with Crippen molar-refractivity contribution in [2.75, 3.05) is 7.11 Å². The van der Waals surface area contributed by atoms with E-state index in [1.165, 1.54) is 13.6 Å². The van der Waals surface area contributed by atoms with Crippen LogP contribution >= 0.6 is 0 Å². The van der Waals surface area contributed by atoms with E-state index in [0.29, 0.717) is 0 Å². The molecule has 0 spiro atoms. The summed E-state index contributed by atoms with van der Waals surface area (Å²) in [4.78, 5) is 0. The Morgan fingerprint density at radius 3 is 2.57 bits per heavy atom. The van der Waals surface area contributed by atoms with E-state index in [2.05, 4.69) is 25.1 Å². The van der Waals surface area contributed by atoms with Gasteiger partial charge in [-0.25, -0.2) is 0 Å². The van der Waals surface area contributed by atoms with Gasteiger partial charge < -0.3 is 0 Å². The van der Waals surface area contributed by atoms with Gasteiger partial charge in [-0.1, -0.05) is 0 Å². The van der Waals surface area contributed by atoms with E-state index in [-0.39, 0.29) is 6.04 Å². The second kappa shape index (κ2) is 5.73. The molecule has 1 atom stereocenters. The Morgan fingerprint density at radius 2 is 2.07 bits per heavy atom. The van der Waals surface area contributed by atoms with Crippen LogP contribution in [-0.4, -0.2) is 27.3 Å². The molecule has 0 heterocycles. The van der Waals surface area contributed by atoms with Crippen LogP contribution in [0.3, 0.4) is 0 Å². The van der Waals surface area contributed by atoms with Gasteiger partial charge in [-0.2, -0.15) is 0 Å². The van der Waals surface area contributed by atoms with Crippen LogP contribution < -0.4 is 9.31 Å². The Balaban J connectivity index is 3.05. The van der Waals surface area contributed by atoms with Crippen molar-refractivity contribution >= 4 is 23.8 Å². The van der Waals surface area contributed by atoms with Crippen LogP contribution in [0.5, 0.6) is 0 Å². The van der Waals surface area contributed by atoms with Crippen LogP contribution in [0.15, 0.2) is 24.3 Å². The first-order valence-corrected chi connectivity index (χ1v) is 9.56. The first-order chi connectivity index (χ1) is 6.70. The van der Waals surface area contributed by atoms with Crippen LogP contribution in [-0.2, 0) is 3.07 Å². The van der Waals surface area contributed by atoms with Crippen LogP contribution in [0.25, 0.3) is 0 Å². The van der Waals surface area contributed by atoms with Crippen molar-refractivity contribution in [1.82, 2.24) is 0 Å². The third-order valence-electron chi connectivity index (χ3n) is 2.32. The molecule has 0 bridgehead atoms. The molecule has 0 aromatic heterocycles. The zero-order chi connectivity index (χ0) is 10.6. The standard InChI is InChI=1S/C8H10N.C2H5.CH3O.Sn/c1-7(9)8-5-3-2-4-6-8;2*1-2;/h2-5,7H,9H2,1H3;1H2,2H3;1H3;/q;;-1;+1. The average molecular weight is 299 g/mol. The van der Waals surface area contributed by atoms with Gasteiger partial charge in [0.25, 0.3) is 0 Å². The maximum atomic E-state index is 5.94. The summed E-state index contributed by atoms with van der Waals surface area (Å²) in [5.74, 6) is 0. The molecular formula is C11H18NOSn. The number of benzene rings is 1. The summed E-state index contributed by atoms with van der Waals surface area (Å²) in [6.07, 6.45) is 0. The van der Waals surface area contributed by atoms with E-state index in [9.17, 15) is 0 Å². The first kappa shape index (κ1) is 12.0. The Labute approximate surface area is 93.7 Å². The first-order valence-electron chi connectivity index (χ1n) is 4.95. The predicted octanol–water partition coefficient (Wildman–Crippen LogP) is 1.57. The van der Waals surface area contributed by atoms with Crippen molar-refractivity contribution in [3.8, 4) is 0 Å².